The fraction of sp³-hybridized carbons (Fsp3) is 0.375. The van der Waals surface area contributed by atoms with Crippen molar-refractivity contribution in [2.75, 3.05) is 0 Å². The Balaban J connectivity index is 3.05. The monoisotopic (exact) mass is 217 g/mol. The first kappa shape index (κ1) is 8.65. The van der Waals surface area contributed by atoms with E-state index in [0.29, 0.717) is 5.92 Å². The molecule has 0 N–H and O–H groups in total. The summed E-state index contributed by atoms with van der Waals surface area (Å²) in [5.41, 5.74) is 0.922. The highest BCUT2D eigenvalue weighted by atomic mass is 79.9. The quantitative estimate of drug-likeness (QED) is 0.660. The van der Waals surface area contributed by atoms with Crippen LogP contribution in [0.2, 0.25) is 0 Å². The van der Waals surface area contributed by atoms with Crippen LogP contribution in [-0.2, 0) is 0 Å². The van der Waals surface area contributed by atoms with Crippen LogP contribution in [0.1, 0.15) is 25.3 Å². The molecule has 0 saturated heterocycles. The topological polar surface area (TPSA) is 12.9 Å². The van der Waals surface area contributed by atoms with Gasteiger partial charge in [0, 0.05) is 6.20 Å². The zero-order valence-corrected chi connectivity index (χ0v) is 8.02. The summed E-state index contributed by atoms with van der Waals surface area (Å²) in [6, 6.07) is 1.50. The van der Waals surface area contributed by atoms with Crippen molar-refractivity contribution in [3.8, 4) is 0 Å². The molecule has 0 aromatic carbocycles. The summed E-state index contributed by atoms with van der Waals surface area (Å²) in [4.78, 5) is 3.84. The van der Waals surface area contributed by atoms with Gasteiger partial charge in [-0.05, 0) is 33.5 Å². The Hall–Kier alpha value is -0.440. The lowest BCUT2D eigenvalue weighted by atomic mass is 10.1. The molecule has 11 heavy (non-hydrogen) atoms. The molecule has 0 aliphatic heterocycles. The van der Waals surface area contributed by atoms with Crippen molar-refractivity contribution >= 4 is 15.9 Å². The molecule has 60 valence electrons. The molecule has 1 nitrogen and oxygen atoms in total. The van der Waals surface area contributed by atoms with Gasteiger partial charge in [0.1, 0.15) is 4.60 Å². The maximum atomic E-state index is 12.8. The second kappa shape index (κ2) is 3.30. The third-order valence-electron chi connectivity index (χ3n) is 1.48. The summed E-state index contributed by atoms with van der Waals surface area (Å²) in [5, 5.41) is 0. The van der Waals surface area contributed by atoms with Crippen LogP contribution >= 0.6 is 15.9 Å². The van der Waals surface area contributed by atoms with E-state index in [9.17, 15) is 4.39 Å². The highest BCUT2D eigenvalue weighted by molar-refractivity contribution is 9.10. The number of hydrogen-bond acceptors (Lipinski definition) is 1. The Labute approximate surface area is 73.8 Å². The molecule has 1 heterocycles. The van der Waals surface area contributed by atoms with E-state index in [1.807, 2.05) is 13.8 Å². The minimum absolute atomic E-state index is 0.280. The van der Waals surface area contributed by atoms with E-state index in [2.05, 4.69) is 20.9 Å². The van der Waals surface area contributed by atoms with Crippen LogP contribution < -0.4 is 0 Å². The molecule has 0 amide bonds. The largest absolute Gasteiger partial charge is 0.246 e. The van der Waals surface area contributed by atoms with Gasteiger partial charge in [-0.1, -0.05) is 13.8 Å². The predicted octanol–water partition coefficient (Wildman–Crippen LogP) is 3.11. The molecule has 0 aliphatic carbocycles. The lowest BCUT2D eigenvalue weighted by Gasteiger charge is -2.03. The van der Waals surface area contributed by atoms with Crippen molar-refractivity contribution < 1.29 is 4.39 Å². The maximum Gasteiger partial charge on any atom is 0.156 e. The minimum Gasteiger partial charge on any atom is -0.246 e. The lowest BCUT2D eigenvalue weighted by molar-refractivity contribution is 0.607. The number of aromatic nitrogens is 1. The SMILES string of the molecule is CC(C)c1cnc(Br)c(F)c1. The van der Waals surface area contributed by atoms with Gasteiger partial charge < -0.3 is 0 Å². The van der Waals surface area contributed by atoms with Gasteiger partial charge in [-0.25, -0.2) is 9.37 Å². The lowest BCUT2D eigenvalue weighted by Crippen LogP contribution is -1.91. The highest BCUT2D eigenvalue weighted by Crippen LogP contribution is 2.18. The molecule has 3 heteroatoms. The first-order valence-electron chi connectivity index (χ1n) is 3.42. The molecule has 0 bridgehead atoms. The van der Waals surface area contributed by atoms with Crippen molar-refractivity contribution in [2.24, 2.45) is 0 Å². The molecule has 0 atom stereocenters. The molecule has 0 saturated carbocycles. The number of rotatable bonds is 1. The van der Waals surface area contributed by atoms with Crippen molar-refractivity contribution in [1.29, 1.82) is 0 Å². The average molecular weight is 218 g/mol. The second-order valence-electron chi connectivity index (χ2n) is 2.70. The standard InChI is InChI=1S/C8H9BrFN/c1-5(2)6-3-7(10)8(9)11-4-6/h3-5H,1-2H3. The van der Waals surface area contributed by atoms with E-state index >= 15 is 0 Å². The van der Waals surface area contributed by atoms with E-state index in [-0.39, 0.29) is 10.4 Å². The van der Waals surface area contributed by atoms with Gasteiger partial charge in [-0.15, -0.1) is 0 Å². The summed E-state index contributed by atoms with van der Waals surface area (Å²) >= 11 is 2.99. The summed E-state index contributed by atoms with van der Waals surface area (Å²) in [7, 11) is 0. The van der Waals surface area contributed by atoms with Crippen LogP contribution in [0.5, 0.6) is 0 Å². The van der Waals surface area contributed by atoms with Crippen LogP contribution in [0, 0.1) is 5.82 Å². The average Bonchev–Trinajstić information content (AvgIpc) is 1.94. The second-order valence-corrected chi connectivity index (χ2v) is 3.45. The predicted molar refractivity (Wildman–Crippen MR) is 46.0 cm³/mol. The van der Waals surface area contributed by atoms with Crippen LogP contribution in [0.3, 0.4) is 0 Å². The van der Waals surface area contributed by atoms with E-state index in [1.165, 1.54) is 6.07 Å². The highest BCUT2D eigenvalue weighted by Gasteiger charge is 2.04. The first-order chi connectivity index (χ1) is 5.11. The molecule has 0 unspecified atom stereocenters. The van der Waals surface area contributed by atoms with Crippen molar-refractivity contribution in [2.45, 2.75) is 19.8 Å². The molecule has 0 radical (unpaired) electrons. The van der Waals surface area contributed by atoms with Gasteiger partial charge in [0.15, 0.2) is 5.82 Å². The van der Waals surface area contributed by atoms with Crippen molar-refractivity contribution in [3.05, 3.63) is 28.2 Å². The minimum atomic E-state index is -0.295. The summed E-state index contributed by atoms with van der Waals surface area (Å²) < 4.78 is 13.1. The van der Waals surface area contributed by atoms with E-state index in [1.54, 1.807) is 6.20 Å². The Morgan fingerprint density at radius 2 is 2.18 bits per heavy atom. The Bertz CT molecular complexity index is 260. The molecular weight excluding hydrogens is 209 g/mol. The van der Waals surface area contributed by atoms with E-state index in [4.69, 9.17) is 0 Å². The van der Waals surface area contributed by atoms with Crippen LogP contribution in [-0.4, -0.2) is 4.98 Å². The maximum absolute atomic E-state index is 12.8. The number of hydrogen-bond donors (Lipinski definition) is 0. The number of nitrogens with zero attached hydrogens (tertiary/aromatic N) is 1. The van der Waals surface area contributed by atoms with Gasteiger partial charge in [-0.2, -0.15) is 0 Å². The zero-order chi connectivity index (χ0) is 8.43. The fourth-order valence-corrected chi connectivity index (χ4v) is 0.969. The Morgan fingerprint density at radius 1 is 1.55 bits per heavy atom. The summed E-state index contributed by atoms with van der Waals surface area (Å²) in [6.07, 6.45) is 1.68. The number of halogens is 2. The van der Waals surface area contributed by atoms with Gasteiger partial charge in [0.2, 0.25) is 0 Å². The molecule has 0 fully saturated rings. The van der Waals surface area contributed by atoms with Gasteiger partial charge in [-0.3, -0.25) is 0 Å². The molecule has 1 aromatic heterocycles. The summed E-state index contributed by atoms with van der Waals surface area (Å²) in [6.45, 7) is 4.01. The van der Waals surface area contributed by atoms with Crippen molar-refractivity contribution in [3.63, 3.8) is 0 Å². The van der Waals surface area contributed by atoms with E-state index in [0.717, 1.165) is 5.56 Å². The smallest absolute Gasteiger partial charge is 0.156 e. The third kappa shape index (κ3) is 1.99. The molecule has 1 aromatic rings. The van der Waals surface area contributed by atoms with Crippen LogP contribution in [0.25, 0.3) is 0 Å². The third-order valence-corrected chi connectivity index (χ3v) is 2.07. The van der Waals surface area contributed by atoms with Gasteiger partial charge in [0.05, 0.1) is 0 Å². The van der Waals surface area contributed by atoms with Crippen LogP contribution in [0.4, 0.5) is 4.39 Å². The van der Waals surface area contributed by atoms with E-state index < -0.39 is 0 Å². The van der Waals surface area contributed by atoms with Gasteiger partial charge >= 0.3 is 0 Å². The van der Waals surface area contributed by atoms with Crippen molar-refractivity contribution in [1.82, 2.24) is 4.98 Å². The fourth-order valence-electron chi connectivity index (χ4n) is 0.752. The normalized spacial score (nSPS) is 10.6. The summed E-state index contributed by atoms with van der Waals surface area (Å²) in [5.74, 6) is 0.0290. The Morgan fingerprint density at radius 3 is 2.64 bits per heavy atom. The Kier molecular flexibility index (Phi) is 2.60. The number of pyridine rings is 1. The molecular formula is C8H9BrFN. The first-order valence-corrected chi connectivity index (χ1v) is 4.21. The molecule has 0 spiro atoms. The molecule has 1 rings (SSSR count). The van der Waals surface area contributed by atoms with Gasteiger partial charge in [0.25, 0.3) is 0 Å². The zero-order valence-electron chi connectivity index (χ0n) is 6.44. The van der Waals surface area contributed by atoms with Crippen LogP contribution in [0.15, 0.2) is 16.9 Å². The molecule has 0 aliphatic rings.